The van der Waals surface area contributed by atoms with E-state index >= 15 is 0 Å². The van der Waals surface area contributed by atoms with Gasteiger partial charge in [0.25, 0.3) is 5.91 Å². The first-order valence-electron chi connectivity index (χ1n) is 13.1. The lowest BCUT2D eigenvalue weighted by Crippen LogP contribution is -2.47. The molecule has 9 heteroatoms. The second kappa shape index (κ2) is 11.0. The van der Waals surface area contributed by atoms with Crippen molar-refractivity contribution in [2.75, 3.05) is 5.32 Å². The molecule has 0 saturated heterocycles. The van der Waals surface area contributed by atoms with Crippen molar-refractivity contribution >= 4 is 23.1 Å². The Morgan fingerprint density at radius 1 is 1.00 bits per heavy atom. The summed E-state index contributed by atoms with van der Waals surface area (Å²) >= 11 is 0. The minimum absolute atomic E-state index is 0.0594. The topological polar surface area (TPSA) is 118 Å². The minimum atomic E-state index is -0.567. The highest BCUT2D eigenvalue weighted by atomic mass is 16.2. The number of ketones is 1. The highest BCUT2D eigenvalue weighted by Crippen LogP contribution is 2.29. The quantitative estimate of drug-likeness (QED) is 0.282. The minimum Gasteiger partial charge on any atom is -0.354 e. The lowest BCUT2D eigenvalue weighted by Gasteiger charge is -2.30. The Kier molecular flexibility index (Phi) is 7.35. The molecule has 0 unspecified atom stereocenters. The van der Waals surface area contributed by atoms with Crippen LogP contribution < -0.4 is 10.6 Å². The number of nitrogens with one attached hydrogen (secondary N) is 3. The van der Waals surface area contributed by atoms with Gasteiger partial charge in [0.2, 0.25) is 0 Å². The van der Waals surface area contributed by atoms with E-state index in [-0.39, 0.29) is 17.6 Å². The fraction of sp³-hybridized carbons (Fsp3) is 0.345. The molecule has 0 aliphatic heterocycles. The molecule has 1 atom stereocenters. The molecule has 38 heavy (non-hydrogen) atoms. The highest BCUT2D eigenvalue weighted by molar-refractivity contribution is 6.04. The van der Waals surface area contributed by atoms with E-state index in [1.807, 2.05) is 50.2 Å². The van der Waals surface area contributed by atoms with E-state index in [4.69, 9.17) is 0 Å². The molecule has 3 N–H and O–H groups in total. The Morgan fingerprint density at radius 2 is 1.74 bits per heavy atom. The fourth-order valence-corrected chi connectivity index (χ4v) is 5.28. The molecule has 1 aromatic carbocycles. The van der Waals surface area contributed by atoms with E-state index in [9.17, 15) is 9.59 Å². The SMILES string of the molecule is Cc1n[nH]c(C)c1-c1ccc(Nc2ccc(C(=O)[C@@H](NC(=O)c3ccnn3C)C3CCCCC3)cc2)cn1. The smallest absolute Gasteiger partial charge is 0.270 e. The lowest BCUT2D eigenvalue weighted by molar-refractivity contribution is 0.0798. The molecule has 5 rings (SSSR count). The number of pyridine rings is 1. The fourth-order valence-electron chi connectivity index (χ4n) is 5.28. The Morgan fingerprint density at radius 3 is 2.34 bits per heavy atom. The molecule has 1 aliphatic rings. The van der Waals surface area contributed by atoms with E-state index < -0.39 is 6.04 Å². The normalized spacial score (nSPS) is 14.7. The molecule has 1 saturated carbocycles. The Labute approximate surface area is 222 Å². The van der Waals surface area contributed by atoms with Crippen LogP contribution in [0.5, 0.6) is 0 Å². The van der Waals surface area contributed by atoms with E-state index in [0.29, 0.717) is 11.3 Å². The first-order valence-corrected chi connectivity index (χ1v) is 13.1. The molecule has 3 heterocycles. The third-order valence-corrected chi connectivity index (χ3v) is 7.35. The number of carbonyl (C=O) groups is 2. The maximum Gasteiger partial charge on any atom is 0.270 e. The number of hydrogen-bond acceptors (Lipinski definition) is 6. The van der Waals surface area contributed by atoms with Crippen molar-refractivity contribution in [3.05, 3.63) is 77.5 Å². The number of Topliss-reactive ketones (excluding diaryl/α,β-unsaturated/α-hetero) is 1. The van der Waals surface area contributed by atoms with Crippen LogP contribution >= 0.6 is 0 Å². The number of amides is 1. The van der Waals surface area contributed by atoms with Gasteiger partial charge < -0.3 is 10.6 Å². The van der Waals surface area contributed by atoms with Crippen molar-refractivity contribution < 1.29 is 9.59 Å². The van der Waals surface area contributed by atoms with Gasteiger partial charge in [0, 0.05) is 35.8 Å². The van der Waals surface area contributed by atoms with E-state index in [1.165, 1.54) is 11.1 Å². The van der Waals surface area contributed by atoms with Crippen LogP contribution in [0.1, 0.15) is 64.3 Å². The van der Waals surface area contributed by atoms with Crippen LogP contribution in [-0.4, -0.2) is 42.7 Å². The van der Waals surface area contributed by atoms with Gasteiger partial charge in [-0.2, -0.15) is 10.2 Å². The van der Waals surface area contributed by atoms with Crippen molar-refractivity contribution in [3.63, 3.8) is 0 Å². The van der Waals surface area contributed by atoms with Crippen LogP contribution in [0.3, 0.4) is 0 Å². The summed E-state index contributed by atoms with van der Waals surface area (Å²) in [5, 5.41) is 17.7. The van der Waals surface area contributed by atoms with Crippen molar-refractivity contribution in [2.24, 2.45) is 13.0 Å². The van der Waals surface area contributed by atoms with Gasteiger partial charge in [-0.25, -0.2) is 0 Å². The van der Waals surface area contributed by atoms with Gasteiger partial charge in [-0.05, 0) is 75.1 Å². The maximum atomic E-state index is 13.6. The number of anilines is 2. The molecule has 0 spiro atoms. The monoisotopic (exact) mass is 511 g/mol. The van der Waals surface area contributed by atoms with Crippen LogP contribution in [0.4, 0.5) is 11.4 Å². The standard InChI is InChI=1S/C29H33N7O2/c1-18-26(19(2)35-34-18)24-14-13-23(17-30-24)32-22-11-9-21(10-12-22)28(37)27(20-7-5-4-6-8-20)33-29(38)25-15-16-31-36(25)3/h9-17,20,27,32H,4-8H2,1-3H3,(H,33,38)(H,34,35)/t27-/m0/s1. The lowest BCUT2D eigenvalue weighted by atomic mass is 9.81. The number of carbonyl (C=O) groups excluding carboxylic acids is 2. The van der Waals surface area contributed by atoms with Gasteiger partial charge >= 0.3 is 0 Å². The van der Waals surface area contributed by atoms with Crippen molar-refractivity contribution in [1.82, 2.24) is 30.3 Å². The van der Waals surface area contributed by atoms with Crippen molar-refractivity contribution in [2.45, 2.75) is 52.0 Å². The number of H-pyrrole nitrogens is 1. The summed E-state index contributed by atoms with van der Waals surface area (Å²) in [6, 6.07) is 12.4. The number of hydrogen-bond donors (Lipinski definition) is 3. The molecule has 3 aromatic heterocycles. The summed E-state index contributed by atoms with van der Waals surface area (Å²) in [4.78, 5) is 31.2. The molecule has 196 valence electrons. The summed E-state index contributed by atoms with van der Waals surface area (Å²) < 4.78 is 1.52. The van der Waals surface area contributed by atoms with Crippen molar-refractivity contribution in [1.29, 1.82) is 0 Å². The summed E-state index contributed by atoms with van der Waals surface area (Å²) in [5.41, 5.74) is 6.49. The summed E-state index contributed by atoms with van der Waals surface area (Å²) in [6.45, 7) is 3.94. The average molecular weight is 512 g/mol. The average Bonchev–Trinajstić information content (AvgIpc) is 3.52. The van der Waals surface area contributed by atoms with E-state index in [1.54, 1.807) is 25.5 Å². The van der Waals surface area contributed by atoms with Crippen molar-refractivity contribution in [3.8, 4) is 11.3 Å². The first kappa shape index (κ1) is 25.4. The van der Waals surface area contributed by atoms with E-state index in [0.717, 1.165) is 59.7 Å². The van der Waals surface area contributed by atoms with E-state index in [2.05, 4.69) is 30.9 Å². The zero-order chi connectivity index (χ0) is 26.6. The van der Waals surface area contributed by atoms with Gasteiger partial charge in [-0.3, -0.25) is 24.4 Å². The van der Waals surface area contributed by atoms with Crippen LogP contribution in [-0.2, 0) is 7.05 Å². The Balaban J connectivity index is 1.29. The van der Waals surface area contributed by atoms with Gasteiger partial charge in [-0.1, -0.05) is 19.3 Å². The molecule has 4 aromatic rings. The Hall–Kier alpha value is -4.27. The Bertz CT molecular complexity index is 1390. The summed E-state index contributed by atoms with van der Waals surface area (Å²) in [6.07, 6.45) is 8.56. The number of aromatic nitrogens is 5. The predicted octanol–water partition coefficient (Wildman–Crippen LogP) is 5.13. The number of rotatable bonds is 8. The number of benzene rings is 1. The number of nitrogens with zero attached hydrogens (tertiary/aromatic N) is 4. The second-order valence-corrected chi connectivity index (χ2v) is 10.00. The van der Waals surface area contributed by atoms with Crippen LogP contribution in [0.25, 0.3) is 11.3 Å². The number of aryl methyl sites for hydroxylation is 3. The molecular weight excluding hydrogens is 478 g/mol. The van der Waals surface area contributed by atoms with Gasteiger partial charge in [-0.15, -0.1) is 0 Å². The second-order valence-electron chi connectivity index (χ2n) is 10.00. The molecule has 1 aliphatic carbocycles. The summed E-state index contributed by atoms with van der Waals surface area (Å²) in [7, 11) is 1.72. The van der Waals surface area contributed by atoms with Gasteiger partial charge in [0.15, 0.2) is 5.78 Å². The molecular formula is C29H33N7O2. The predicted molar refractivity (Wildman–Crippen MR) is 146 cm³/mol. The number of aromatic amines is 1. The molecule has 1 amide bonds. The highest BCUT2D eigenvalue weighted by Gasteiger charge is 2.32. The van der Waals surface area contributed by atoms with Crippen LogP contribution in [0, 0.1) is 19.8 Å². The zero-order valence-corrected chi connectivity index (χ0v) is 22.0. The van der Waals surface area contributed by atoms with Gasteiger partial charge in [0.1, 0.15) is 5.69 Å². The van der Waals surface area contributed by atoms with Crippen LogP contribution in [0.2, 0.25) is 0 Å². The maximum absolute atomic E-state index is 13.6. The first-order chi connectivity index (χ1) is 18.4. The zero-order valence-electron chi connectivity index (χ0n) is 22.0. The van der Waals surface area contributed by atoms with Crippen LogP contribution in [0.15, 0.2) is 54.9 Å². The third kappa shape index (κ3) is 5.37. The molecule has 0 bridgehead atoms. The third-order valence-electron chi connectivity index (χ3n) is 7.35. The molecule has 9 nitrogen and oxygen atoms in total. The largest absolute Gasteiger partial charge is 0.354 e. The molecule has 0 radical (unpaired) electrons. The summed E-state index contributed by atoms with van der Waals surface area (Å²) in [5.74, 6) is -0.210. The molecule has 1 fully saturated rings. The van der Waals surface area contributed by atoms with Gasteiger partial charge in [0.05, 0.1) is 29.3 Å².